The Morgan fingerprint density at radius 3 is 2.65 bits per heavy atom. The van der Waals surface area contributed by atoms with Crippen molar-refractivity contribution in [2.75, 3.05) is 13.2 Å². The zero-order valence-electron chi connectivity index (χ0n) is 15.1. The van der Waals surface area contributed by atoms with Gasteiger partial charge >= 0.3 is 5.97 Å². The number of carbonyl (C=O) groups excluding carboxylic acids is 3. The second-order valence-corrected chi connectivity index (χ2v) is 6.76. The molecule has 0 radical (unpaired) electrons. The Kier molecular flexibility index (Phi) is 7.12. The van der Waals surface area contributed by atoms with Crippen molar-refractivity contribution in [3.63, 3.8) is 0 Å². The van der Waals surface area contributed by atoms with Crippen LogP contribution >= 0.6 is 0 Å². The summed E-state index contributed by atoms with van der Waals surface area (Å²) in [4.78, 5) is 35.4. The van der Waals surface area contributed by atoms with E-state index < -0.39 is 30.8 Å². The topological polar surface area (TPSA) is 84.5 Å². The van der Waals surface area contributed by atoms with Crippen LogP contribution in [0.1, 0.15) is 43.5 Å². The molecule has 1 fully saturated rings. The van der Waals surface area contributed by atoms with Crippen molar-refractivity contribution in [1.82, 2.24) is 10.6 Å². The smallest absolute Gasteiger partial charge is 0.325 e. The maximum absolute atomic E-state index is 13.5. The summed E-state index contributed by atoms with van der Waals surface area (Å²) in [7, 11) is 0. The van der Waals surface area contributed by atoms with Crippen LogP contribution in [0, 0.1) is 17.7 Å². The number of hydrogen-bond donors (Lipinski definition) is 2. The molecule has 6 nitrogen and oxygen atoms in total. The van der Waals surface area contributed by atoms with Crippen LogP contribution in [-0.2, 0) is 14.3 Å². The van der Waals surface area contributed by atoms with Gasteiger partial charge < -0.3 is 15.4 Å². The van der Waals surface area contributed by atoms with Crippen molar-refractivity contribution < 1.29 is 23.5 Å². The fraction of sp³-hybridized carbons (Fsp3) is 0.526. The third-order valence-corrected chi connectivity index (χ3v) is 4.93. The van der Waals surface area contributed by atoms with E-state index in [4.69, 9.17) is 4.74 Å². The third-order valence-electron chi connectivity index (χ3n) is 4.93. The molecule has 3 unspecified atom stereocenters. The summed E-state index contributed by atoms with van der Waals surface area (Å²) in [5, 5.41) is 5.17. The van der Waals surface area contributed by atoms with Crippen LogP contribution in [0.2, 0.25) is 0 Å². The zero-order valence-corrected chi connectivity index (χ0v) is 15.1. The molecule has 1 aromatic rings. The highest BCUT2D eigenvalue weighted by Crippen LogP contribution is 2.29. The molecule has 1 aromatic carbocycles. The lowest BCUT2D eigenvalue weighted by atomic mass is 9.78. The van der Waals surface area contributed by atoms with Gasteiger partial charge in [-0.25, -0.2) is 4.39 Å². The zero-order chi connectivity index (χ0) is 19.1. The van der Waals surface area contributed by atoms with Crippen LogP contribution in [-0.4, -0.2) is 37.0 Å². The standard InChI is InChI=1S/C19H25FN2O4/c1-12-6-5-9-16(13(12)2)22-17(23)11-26-18(24)10-21-19(25)14-7-3-4-8-15(14)20/h3-4,7-8,12-13,16H,5-6,9-11H2,1-2H3,(H,21,25)(H,22,23). The summed E-state index contributed by atoms with van der Waals surface area (Å²) in [6, 6.07) is 5.55. The van der Waals surface area contributed by atoms with Gasteiger partial charge in [-0.1, -0.05) is 38.8 Å². The average molecular weight is 364 g/mol. The molecule has 0 aliphatic heterocycles. The molecular weight excluding hydrogens is 339 g/mol. The molecule has 1 aliphatic carbocycles. The Hall–Kier alpha value is -2.44. The van der Waals surface area contributed by atoms with E-state index in [2.05, 4.69) is 24.5 Å². The van der Waals surface area contributed by atoms with Gasteiger partial charge in [0.1, 0.15) is 12.4 Å². The van der Waals surface area contributed by atoms with E-state index >= 15 is 0 Å². The van der Waals surface area contributed by atoms with Gasteiger partial charge in [0.15, 0.2) is 6.61 Å². The van der Waals surface area contributed by atoms with Gasteiger partial charge in [-0.05, 0) is 30.4 Å². The molecule has 3 atom stereocenters. The Balaban J connectivity index is 1.70. The quantitative estimate of drug-likeness (QED) is 0.757. The lowest BCUT2D eigenvalue weighted by molar-refractivity contribution is -0.147. The molecule has 0 bridgehead atoms. The van der Waals surface area contributed by atoms with E-state index in [9.17, 15) is 18.8 Å². The first kappa shape index (κ1) is 19.9. The molecular formula is C19H25FN2O4. The third kappa shape index (κ3) is 5.54. The van der Waals surface area contributed by atoms with Crippen molar-refractivity contribution in [2.24, 2.45) is 11.8 Å². The molecule has 2 N–H and O–H groups in total. The first-order valence-corrected chi connectivity index (χ1v) is 8.86. The minimum absolute atomic E-state index is 0.0886. The predicted molar refractivity (Wildman–Crippen MR) is 93.8 cm³/mol. The Morgan fingerprint density at radius 1 is 1.19 bits per heavy atom. The summed E-state index contributed by atoms with van der Waals surface area (Å²) >= 11 is 0. The summed E-state index contributed by atoms with van der Waals surface area (Å²) in [6.45, 7) is 3.45. The highest BCUT2D eigenvalue weighted by molar-refractivity contribution is 5.96. The van der Waals surface area contributed by atoms with Gasteiger partial charge in [-0.3, -0.25) is 14.4 Å². The number of rotatable bonds is 6. The predicted octanol–water partition coefficient (Wildman–Crippen LogP) is 2.04. The minimum Gasteiger partial charge on any atom is -0.454 e. The number of amides is 2. The second kappa shape index (κ2) is 9.31. The van der Waals surface area contributed by atoms with E-state index in [1.807, 2.05) is 0 Å². The number of hydrogen-bond acceptors (Lipinski definition) is 4. The second-order valence-electron chi connectivity index (χ2n) is 6.76. The molecule has 142 valence electrons. The first-order chi connectivity index (χ1) is 12.4. The maximum Gasteiger partial charge on any atom is 0.325 e. The highest BCUT2D eigenvalue weighted by Gasteiger charge is 2.28. The van der Waals surface area contributed by atoms with Crippen molar-refractivity contribution in [3.8, 4) is 0 Å². The van der Waals surface area contributed by atoms with Crippen LogP contribution in [0.15, 0.2) is 24.3 Å². The van der Waals surface area contributed by atoms with Gasteiger partial charge in [-0.15, -0.1) is 0 Å². The van der Waals surface area contributed by atoms with E-state index in [-0.39, 0.29) is 17.5 Å². The van der Waals surface area contributed by atoms with Crippen LogP contribution in [0.4, 0.5) is 4.39 Å². The minimum atomic E-state index is -0.755. The van der Waals surface area contributed by atoms with E-state index in [1.165, 1.54) is 18.2 Å². The number of nitrogens with one attached hydrogen (secondary N) is 2. The lowest BCUT2D eigenvalue weighted by Crippen LogP contribution is -2.45. The van der Waals surface area contributed by atoms with Crippen molar-refractivity contribution >= 4 is 17.8 Å². The van der Waals surface area contributed by atoms with Crippen LogP contribution in [0.25, 0.3) is 0 Å². The number of benzene rings is 1. The molecule has 7 heteroatoms. The summed E-state index contributed by atoms with van der Waals surface area (Å²) < 4.78 is 18.3. The highest BCUT2D eigenvalue weighted by atomic mass is 19.1. The fourth-order valence-electron chi connectivity index (χ4n) is 3.12. The van der Waals surface area contributed by atoms with Gasteiger partial charge in [0.25, 0.3) is 11.8 Å². The molecule has 0 spiro atoms. The van der Waals surface area contributed by atoms with Crippen molar-refractivity contribution in [3.05, 3.63) is 35.6 Å². The van der Waals surface area contributed by atoms with Crippen LogP contribution in [0.3, 0.4) is 0 Å². The van der Waals surface area contributed by atoms with Crippen molar-refractivity contribution in [2.45, 2.75) is 39.2 Å². The van der Waals surface area contributed by atoms with Crippen LogP contribution < -0.4 is 10.6 Å². The lowest BCUT2D eigenvalue weighted by Gasteiger charge is -2.34. The molecule has 2 rings (SSSR count). The van der Waals surface area contributed by atoms with Gasteiger partial charge in [0, 0.05) is 6.04 Å². The molecule has 1 saturated carbocycles. The maximum atomic E-state index is 13.5. The molecule has 0 heterocycles. The van der Waals surface area contributed by atoms with Crippen molar-refractivity contribution in [1.29, 1.82) is 0 Å². The van der Waals surface area contributed by atoms with E-state index in [0.717, 1.165) is 25.3 Å². The molecule has 2 amide bonds. The normalized spacial score (nSPS) is 22.3. The Morgan fingerprint density at radius 2 is 1.92 bits per heavy atom. The SMILES string of the molecule is CC1CCCC(NC(=O)COC(=O)CNC(=O)c2ccccc2F)C1C. The Labute approximate surface area is 152 Å². The fourth-order valence-corrected chi connectivity index (χ4v) is 3.12. The monoisotopic (exact) mass is 364 g/mol. The van der Waals surface area contributed by atoms with Gasteiger partial charge in [0.2, 0.25) is 0 Å². The number of carbonyl (C=O) groups is 3. The summed E-state index contributed by atoms with van der Waals surface area (Å²) in [5.74, 6) is -1.57. The molecule has 1 aliphatic rings. The molecule has 0 saturated heterocycles. The largest absolute Gasteiger partial charge is 0.454 e. The average Bonchev–Trinajstić information content (AvgIpc) is 2.62. The molecule has 26 heavy (non-hydrogen) atoms. The van der Waals surface area contributed by atoms with Crippen LogP contribution in [0.5, 0.6) is 0 Å². The summed E-state index contributed by atoms with van der Waals surface area (Å²) in [6.07, 6.45) is 3.15. The van der Waals surface area contributed by atoms with E-state index in [0.29, 0.717) is 11.8 Å². The van der Waals surface area contributed by atoms with E-state index in [1.54, 1.807) is 0 Å². The number of ether oxygens (including phenoxy) is 1. The first-order valence-electron chi connectivity index (χ1n) is 8.86. The summed E-state index contributed by atoms with van der Waals surface area (Å²) in [5.41, 5.74) is -0.154. The number of esters is 1. The Bertz CT molecular complexity index is 665. The van der Waals surface area contributed by atoms with Gasteiger partial charge in [0.05, 0.1) is 5.56 Å². The van der Waals surface area contributed by atoms with Gasteiger partial charge in [-0.2, -0.15) is 0 Å². The molecule has 0 aromatic heterocycles. The number of halogens is 1.